The van der Waals surface area contributed by atoms with Crippen molar-refractivity contribution in [1.29, 1.82) is 0 Å². The Balaban J connectivity index is 4.45. The maximum absolute atomic E-state index is 12.6. The van der Waals surface area contributed by atoms with Crippen LogP contribution in [-0.2, 0) is 27.9 Å². The number of nitrogens with zero attached hydrogens (tertiary/aromatic N) is 1. The lowest BCUT2D eigenvalue weighted by Gasteiger charge is -2.28. The summed E-state index contributed by atoms with van der Waals surface area (Å²) in [6.45, 7) is 4.95. The van der Waals surface area contributed by atoms with E-state index in [1.807, 2.05) is 21.1 Å². The number of likely N-dealkylation sites (N-methyl/N-ethyl adjacent to an activating group) is 1. The van der Waals surface area contributed by atoms with E-state index >= 15 is 0 Å². The molecule has 0 amide bonds. The highest BCUT2D eigenvalue weighted by atomic mass is 31.2. The average Bonchev–Trinajstić information content (AvgIpc) is 3.11. The highest BCUT2D eigenvalue weighted by Gasteiger charge is 2.20. The molecule has 0 N–H and O–H groups in total. The maximum atomic E-state index is 12.6. The number of carbonyl (C=O) groups is 1. The van der Waals surface area contributed by atoms with Crippen LogP contribution in [0, 0.1) is 0 Å². The lowest BCUT2D eigenvalue weighted by atomic mass is 10.1. The molecule has 0 saturated heterocycles. The first-order valence-electron chi connectivity index (χ1n) is 20.0. The van der Waals surface area contributed by atoms with Crippen molar-refractivity contribution < 1.29 is 37.3 Å². The van der Waals surface area contributed by atoms with Gasteiger partial charge in [-0.1, -0.05) is 124 Å². The predicted octanol–water partition coefficient (Wildman–Crippen LogP) is 10.9. The second kappa shape index (κ2) is 36.4. The quantitative estimate of drug-likeness (QED) is 0.0209. The van der Waals surface area contributed by atoms with Crippen molar-refractivity contribution in [1.82, 2.24) is 0 Å². The van der Waals surface area contributed by atoms with Gasteiger partial charge in [0.15, 0.2) is 0 Å². The number of carbonyl (C=O) groups excluding carboxylic acids is 1. The zero-order valence-corrected chi connectivity index (χ0v) is 34.8. The molecule has 0 aromatic heterocycles. The highest BCUT2D eigenvalue weighted by molar-refractivity contribution is 7.45. The van der Waals surface area contributed by atoms with E-state index in [0.29, 0.717) is 24.1 Å². The van der Waals surface area contributed by atoms with Crippen LogP contribution in [0.4, 0.5) is 0 Å². The van der Waals surface area contributed by atoms with Gasteiger partial charge < -0.3 is 27.9 Å². The number of hydrogen-bond acceptors (Lipinski definition) is 7. The molecule has 0 heterocycles. The number of phosphoric ester groups is 1. The Labute approximate surface area is 324 Å². The van der Waals surface area contributed by atoms with Gasteiger partial charge in [-0.25, -0.2) is 0 Å². The third kappa shape index (κ3) is 40.4. The molecule has 0 aliphatic carbocycles. The zero-order chi connectivity index (χ0) is 39.1. The zero-order valence-electron chi connectivity index (χ0n) is 33.9. The minimum absolute atomic E-state index is 0.00477. The third-order valence-electron chi connectivity index (χ3n) is 7.63. The van der Waals surface area contributed by atoms with Crippen LogP contribution >= 0.6 is 7.82 Å². The molecule has 0 aromatic carbocycles. The van der Waals surface area contributed by atoms with Crippen molar-refractivity contribution in [2.45, 2.75) is 123 Å². The second-order valence-electron chi connectivity index (χ2n) is 13.9. The molecule has 0 aliphatic rings. The Kier molecular flexibility index (Phi) is 34.6. The van der Waals surface area contributed by atoms with Gasteiger partial charge in [-0.15, -0.1) is 0 Å². The minimum Gasteiger partial charge on any atom is -0.756 e. The molecule has 0 radical (unpaired) electrons. The molecule has 0 aromatic rings. The molecule has 0 spiro atoms. The summed E-state index contributed by atoms with van der Waals surface area (Å²) < 4.78 is 34.4. The Morgan fingerprint density at radius 2 is 1.04 bits per heavy atom. The molecule has 0 aliphatic heterocycles. The monoisotopic (exact) mass is 760 g/mol. The largest absolute Gasteiger partial charge is 0.756 e. The minimum atomic E-state index is -4.55. The molecule has 2 unspecified atom stereocenters. The Hall–Kier alpha value is -2.58. The Morgan fingerprint density at radius 1 is 0.585 bits per heavy atom. The van der Waals surface area contributed by atoms with E-state index in [2.05, 4.69) is 111 Å². The van der Waals surface area contributed by atoms with E-state index in [1.165, 1.54) is 0 Å². The van der Waals surface area contributed by atoms with Gasteiger partial charge in [-0.05, 0) is 83.5 Å². The molecule has 8 nitrogen and oxygen atoms in total. The normalized spacial score (nSPS) is 14.9. The fourth-order valence-electron chi connectivity index (χ4n) is 4.60. The molecule has 0 rings (SSSR count). The van der Waals surface area contributed by atoms with E-state index in [0.717, 1.165) is 89.9 Å². The van der Waals surface area contributed by atoms with E-state index in [9.17, 15) is 14.3 Å². The van der Waals surface area contributed by atoms with Crippen LogP contribution in [0.1, 0.15) is 117 Å². The second-order valence-corrected chi connectivity index (χ2v) is 15.3. The van der Waals surface area contributed by atoms with Crippen LogP contribution in [0.3, 0.4) is 0 Å². The summed E-state index contributed by atoms with van der Waals surface area (Å²) in [6, 6.07) is 0. The smallest absolute Gasteiger partial charge is 0.306 e. The molecule has 0 saturated carbocycles. The number of ether oxygens (including phenoxy) is 2. The summed E-state index contributed by atoms with van der Waals surface area (Å²) in [7, 11) is 1.28. The van der Waals surface area contributed by atoms with Crippen LogP contribution in [0.25, 0.3) is 0 Å². The van der Waals surface area contributed by atoms with Gasteiger partial charge in [0.05, 0.1) is 34.4 Å². The molecule has 53 heavy (non-hydrogen) atoms. The lowest BCUT2D eigenvalue weighted by Crippen LogP contribution is -2.37. The molecular weight excluding hydrogens is 685 g/mol. The first kappa shape index (κ1) is 50.4. The Morgan fingerprint density at radius 3 is 1.53 bits per heavy atom. The van der Waals surface area contributed by atoms with Gasteiger partial charge in [-0.2, -0.15) is 0 Å². The summed E-state index contributed by atoms with van der Waals surface area (Å²) in [5.74, 6) is -0.382. The van der Waals surface area contributed by atoms with E-state index in [-0.39, 0.29) is 32.2 Å². The summed E-state index contributed by atoms with van der Waals surface area (Å²) in [4.78, 5) is 25.0. The standard InChI is InChI=1S/C44H74NO7P/c1-6-8-10-12-14-16-18-20-22-23-24-25-27-29-31-33-35-37-44(46)52-43(42-51-53(47,48)50-40-38-45(3,4)5)41-49-39-36-34-32-30-28-26-21-19-17-15-13-11-9-7-2/h8-11,14-17,20-22,24-26,30,32,43H,6-7,12-13,18-19,23,27-29,31,33-42H2,1-5H3/b10-8-,11-9-,16-14-,17-15-,22-20-,25-24-,26-21-,32-30-. The van der Waals surface area contributed by atoms with Crippen LogP contribution in [0.15, 0.2) is 97.2 Å². The summed E-state index contributed by atoms with van der Waals surface area (Å²) in [5.41, 5.74) is 0. The van der Waals surface area contributed by atoms with Crippen molar-refractivity contribution in [3.8, 4) is 0 Å². The molecule has 0 fully saturated rings. The van der Waals surface area contributed by atoms with Crippen LogP contribution in [0.5, 0.6) is 0 Å². The summed E-state index contributed by atoms with van der Waals surface area (Å²) >= 11 is 0. The van der Waals surface area contributed by atoms with Crippen molar-refractivity contribution in [3.05, 3.63) is 97.2 Å². The van der Waals surface area contributed by atoms with Crippen LogP contribution in [-0.4, -0.2) is 70.7 Å². The predicted molar refractivity (Wildman–Crippen MR) is 221 cm³/mol. The number of unbranched alkanes of at least 4 members (excludes halogenated alkanes) is 5. The van der Waals surface area contributed by atoms with Crippen molar-refractivity contribution in [2.24, 2.45) is 0 Å². The number of allylic oxidation sites excluding steroid dienone is 16. The van der Waals surface area contributed by atoms with Crippen LogP contribution in [0.2, 0.25) is 0 Å². The molecule has 9 heteroatoms. The van der Waals surface area contributed by atoms with E-state index < -0.39 is 13.9 Å². The first-order chi connectivity index (χ1) is 25.6. The third-order valence-corrected chi connectivity index (χ3v) is 8.59. The topological polar surface area (TPSA) is 94.1 Å². The Bertz CT molecular complexity index is 1160. The van der Waals surface area contributed by atoms with Crippen molar-refractivity contribution >= 4 is 13.8 Å². The van der Waals surface area contributed by atoms with E-state index in [1.54, 1.807) is 0 Å². The number of esters is 1. The molecule has 2 atom stereocenters. The summed E-state index contributed by atoms with van der Waals surface area (Å²) in [5, 5.41) is 0. The van der Waals surface area contributed by atoms with Gasteiger partial charge in [0.25, 0.3) is 7.82 Å². The lowest BCUT2D eigenvalue weighted by molar-refractivity contribution is -0.870. The maximum Gasteiger partial charge on any atom is 0.306 e. The van der Waals surface area contributed by atoms with Gasteiger partial charge in [0.1, 0.15) is 19.3 Å². The summed E-state index contributed by atoms with van der Waals surface area (Å²) in [6.07, 6.45) is 48.6. The molecule has 0 bridgehead atoms. The van der Waals surface area contributed by atoms with E-state index in [4.69, 9.17) is 18.5 Å². The van der Waals surface area contributed by atoms with Gasteiger partial charge in [0, 0.05) is 13.0 Å². The highest BCUT2D eigenvalue weighted by Crippen LogP contribution is 2.38. The number of rotatable bonds is 35. The number of quaternary nitrogens is 1. The van der Waals surface area contributed by atoms with Gasteiger partial charge in [-0.3, -0.25) is 9.36 Å². The first-order valence-corrected chi connectivity index (χ1v) is 21.4. The molecular formula is C44H74NO7P. The SMILES string of the molecule is CC/C=C\C/C=C\C/C=C\C/C=C\CCCCCCC(=O)OC(COCCC/C=C\C/C=C\C/C=C\C/C=C\CC)COP(=O)([O-])OCC[N+](C)(C)C. The van der Waals surface area contributed by atoms with Gasteiger partial charge >= 0.3 is 5.97 Å². The van der Waals surface area contributed by atoms with Crippen molar-refractivity contribution in [3.63, 3.8) is 0 Å². The van der Waals surface area contributed by atoms with Crippen LogP contribution < -0.4 is 4.89 Å². The fourth-order valence-corrected chi connectivity index (χ4v) is 5.33. The average molecular weight is 760 g/mol. The van der Waals surface area contributed by atoms with Crippen molar-refractivity contribution in [2.75, 3.05) is 54.1 Å². The van der Waals surface area contributed by atoms with Gasteiger partial charge in [0.2, 0.25) is 0 Å². The number of phosphoric acid groups is 1. The fraction of sp³-hybridized carbons (Fsp3) is 0.614. The molecule has 302 valence electrons. The number of hydrogen-bond donors (Lipinski definition) is 0.